The topological polar surface area (TPSA) is 23.8 Å². The van der Waals surface area contributed by atoms with Crippen LogP contribution in [0, 0.1) is 11.3 Å². The molecule has 12 heavy (non-hydrogen) atoms. The van der Waals surface area contributed by atoms with E-state index in [9.17, 15) is 0 Å². The highest BCUT2D eigenvalue weighted by Crippen LogP contribution is 2.28. The Kier molecular flexibility index (Phi) is 3.31. The van der Waals surface area contributed by atoms with E-state index in [1.54, 1.807) is 11.3 Å². The Morgan fingerprint density at radius 2 is 2.17 bits per heavy atom. The van der Waals surface area contributed by atoms with E-state index in [0.717, 1.165) is 17.7 Å². The predicted molar refractivity (Wildman–Crippen MR) is 52.4 cm³/mol. The molecule has 0 aromatic carbocycles. The van der Waals surface area contributed by atoms with Gasteiger partial charge in [-0.05, 0) is 35.8 Å². The third kappa shape index (κ3) is 1.67. The van der Waals surface area contributed by atoms with Crippen LogP contribution in [-0.4, -0.2) is 0 Å². The summed E-state index contributed by atoms with van der Waals surface area (Å²) in [7, 11) is 0. The Morgan fingerprint density at radius 1 is 1.50 bits per heavy atom. The first-order valence-corrected chi connectivity index (χ1v) is 5.18. The molecule has 0 spiro atoms. The number of nitriles is 1. The lowest BCUT2D eigenvalue weighted by atomic mass is 9.95. The lowest BCUT2D eigenvalue weighted by molar-refractivity contribution is 0.643. The third-order valence-electron chi connectivity index (χ3n) is 2.22. The van der Waals surface area contributed by atoms with Crippen molar-refractivity contribution in [2.75, 3.05) is 0 Å². The summed E-state index contributed by atoms with van der Waals surface area (Å²) in [6.07, 6.45) is 2.25. The summed E-state index contributed by atoms with van der Waals surface area (Å²) in [5.74, 6) is 0.575. The van der Waals surface area contributed by atoms with Crippen molar-refractivity contribution in [3.63, 3.8) is 0 Å². The van der Waals surface area contributed by atoms with Crippen molar-refractivity contribution in [1.82, 2.24) is 0 Å². The lowest BCUT2D eigenvalue weighted by Gasteiger charge is -2.10. The third-order valence-corrected chi connectivity index (χ3v) is 3.06. The van der Waals surface area contributed by atoms with E-state index in [-0.39, 0.29) is 0 Å². The van der Waals surface area contributed by atoms with Crippen LogP contribution in [0.3, 0.4) is 0 Å². The van der Waals surface area contributed by atoms with Crippen molar-refractivity contribution in [2.24, 2.45) is 0 Å². The van der Waals surface area contributed by atoms with Crippen LogP contribution >= 0.6 is 11.3 Å². The van der Waals surface area contributed by atoms with Crippen molar-refractivity contribution in [3.8, 4) is 6.07 Å². The number of rotatable bonds is 3. The molecular formula is C10H13NS. The Labute approximate surface area is 77.7 Å². The van der Waals surface area contributed by atoms with Gasteiger partial charge >= 0.3 is 0 Å². The van der Waals surface area contributed by atoms with Crippen LogP contribution in [0.2, 0.25) is 0 Å². The van der Waals surface area contributed by atoms with E-state index in [1.807, 2.05) is 5.38 Å². The molecule has 0 N–H and O–H groups in total. The molecule has 1 rings (SSSR count). The van der Waals surface area contributed by atoms with E-state index in [1.165, 1.54) is 5.56 Å². The van der Waals surface area contributed by atoms with Crippen molar-refractivity contribution < 1.29 is 0 Å². The first kappa shape index (κ1) is 9.28. The van der Waals surface area contributed by atoms with Crippen LogP contribution in [0.4, 0.5) is 0 Å². The van der Waals surface area contributed by atoms with Crippen LogP contribution in [0.15, 0.2) is 11.4 Å². The number of hydrogen-bond acceptors (Lipinski definition) is 2. The van der Waals surface area contributed by atoms with Gasteiger partial charge in [0.25, 0.3) is 0 Å². The molecule has 64 valence electrons. The molecule has 2 heteroatoms. The fourth-order valence-corrected chi connectivity index (χ4v) is 2.23. The molecule has 1 aromatic rings. The van der Waals surface area contributed by atoms with Crippen molar-refractivity contribution in [2.45, 2.75) is 32.6 Å². The maximum absolute atomic E-state index is 8.81. The van der Waals surface area contributed by atoms with Gasteiger partial charge in [-0.3, -0.25) is 0 Å². The first-order valence-electron chi connectivity index (χ1n) is 4.30. The zero-order chi connectivity index (χ0) is 8.97. The minimum Gasteiger partial charge on any atom is -0.192 e. The van der Waals surface area contributed by atoms with Gasteiger partial charge in [-0.25, -0.2) is 0 Å². The van der Waals surface area contributed by atoms with E-state index in [0.29, 0.717) is 5.92 Å². The van der Waals surface area contributed by atoms with Gasteiger partial charge in [0.15, 0.2) is 0 Å². The van der Waals surface area contributed by atoms with Crippen LogP contribution in [-0.2, 0) is 0 Å². The second kappa shape index (κ2) is 4.27. The molecule has 0 fully saturated rings. The number of thiophene rings is 1. The van der Waals surface area contributed by atoms with Gasteiger partial charge in [-0.1, -0.05) is 13.8 Å². The van der Waals surface area contributed by atoms with Crippen molar-refractivity contribution >= 4 is 11.3 Å². The summed E-state index contributed by atoms with van der Waals surface area (Å²) in [5.41, 5.74) is 1.24. The normalized spacial score (nSPS) is 10.2. The second-order valence-corrected chi connectivity index (χ2v) is 3.75. The number of hydrogen-bond donors (Lipinski definition) is 0. The highest BCUT2D eigenvalue weighted by molar-refractivity contribution is 7.10. The highest BCUT2D eigenvalue weighted by atomic mass is 32.1. The van der Waals surface area contributed by atoms with Crippen LogP contribution < -0.4 is 0 Å². The van der Waals surface area contributed by atoms with Crippen LogP contribution in [0.5, 0.6) is 0 Å². The zero-order valence-electron chi connectivity index (χ0n) is 7.50. The summed E-state index contributed by atoms with van der Waals surface area (Å²) in [4.78, 5) is 0.892. The fraction of sp³-hybridized carbons (Fsp3) is 0.500. The van der Waals surface area contributed by atoms with Gasteiger partial charge in [-0.15, -0.1) is 11.3 Å². The fourth-order valence-electron chi connectivity index (χ4n) is 1.46. The van der Waals surface area contributed by atoms with Crippen LogP contribution in [0.25, 0.3) is 0 Å². The minimum atomic E-state index is 0.575. The summed E-state index contributed by atoms with van der Waals surface area (Å²) < 4.78 is 0. The molecule has 0 radical (unpaired) electrons. The summed E-state index contributed by atoms with van der Waals surface area (Å²) in [6, 6.07) is 4.33. The Hall–Kier alpha value is -0.810. The molecule has 0 aliphatic heterocycles. The average molecular weight is 179 g/mol. The zero-order valence-corrected chi connectivity index (χ0v) is 8.32. The molecule has 0 aliphatic rings. The van der Waals surface area contributed by atoms with Gasteiger partial charge in [0.1, 0.15) is 10.9 Å². The van der Waals surface area contributed by atoms with Gasteiger partial charge in [-0.2, -0.15) is 5.26 Å². The van der Waals surface area contributed by atoms with Gasteiger partial charge in [0.05, 0.1) is 0 Å². The molecule has 1 heterocycles. The average Bonchev–Trinajstić information content (AvgIpc) is 2.55. The van der Waals surface area contributed by atoms with Crippen molar-refractivity contribution in [1.29, 1.82) is 5.26 Å². The second-order valence-electron chi connectivity index (χ2n) is 2.83. The molecule has 0 bridgehead atoms. The summed E-state index contributed by atoms with van der Waals surface area (Å²) >= 11 is 1.55. The maximum Gasteiger partial charge on any atom is 0.110 e. The molecule has 1 nitrogen and oxygen atoms in total. The predicted octanol–water partition coefficient (Wildman–Crippen LogP) is 3.52. The Bertz CT molecular complexity index is 278. The quantitative estimate of drug-likeness (QED) is 0.696. The van der Waals surface area contributed by atoms with E-state index < -0.39 is 0 Å². The molecular weight excluding hydrogens is 166 g/mol. The number of nitrogens with zero attached hydrogens (tertiary/aromatic N) is 1. The standard InChI is InChI=1S/C10H13NS/c1-3-8(4-2)9-5-6-12-10(9)7-11/h5-6,8H,3-4H2,1-2H3. The maximum atomic E-state index is 8.81. The molecule has 0 saturated carbocycles. The van der Waals surface area contributed by atoms with Crippen LogP contribution in [0.1, 0.15) is 43.0 Å². The summed E-state index contributed by atoms with van der Waals surface area (Å²) in [6.45, 7) is 4.35. The minimum absolute atomic E-state index is 0.575. The first-order chi connectivity index (χ1) is 5.83. The Balaban J connectivity index is 2.93. The molecule has 0 amide bonds. The van der Waals surface area contributed by atoms with Gasteiger partial charge in [0.2, 0.25) is 0 Å². The molecule has 0 saturated heterocycles. The van der Waals surface area contributed by atoms with E-state index in [4.69, 9.17) is 5.26 Å². The molecule has 0 atom stereocenters. The largest absolute Gasteiger partial charge is 0.192 e. The van der Waals surface area contributed by atoms with E-state index >= 15 is 0 Å². The molecule has 1 aromatic heterocycles. The monoisotopic (exact) mass is 179 g/mol. The van der Waals surface area contributed by atoms with Crippen molar-refractivity contribution in [3.05, 3.63) is 21.9 Å². The highest BCUT2D eigenvalue weighted by Gasteiger charge is 2.12. The van der Waals surface area contributed by atoms with E-state index in [2.05, 4.69) is 26.0 Å². The molecule has 0 unspecified atom stereocenters. The SMILES string of the molecule is CCC(CC)c1ccsc1C#N. The smallest absolute Gasteiger partial charge is 0.110 e. The lowest BCUT2D eigenvalue weighted by Crippen LogP contribution is -1.94. The van der Waals surface area contributed by atoms with Gasteiger partial charge < -0.3 is 0 Å². The van der Waals surface area contributed by atoms with Gasteiger partial charge in [0, 0.05) is 0 Å². The Morgan fingerprint density at radius 3 is 2.67 bits per heavy atom. The molecule has 0 aliphatic carbocycles. The summed E-state index contributed by atoms with van der Waals surface area (Å²) in [5, 5.41) is 10.8.